The van der Waals surface area contributed by atoms with Crippen molar-refractivity contribution in [2.75, 3.05) is 14.2 Å². The highest BCUT2D eigenvalue weighted by Gasteiger charge is 2.23. The van der Waals surface area contributed by atoms with Gasteiger partial charge >= 0.3 is 0 Å². The van der Waals surface area contributed by atoms with Gasteiger partial charge in [-0.1, -0.05) is 0 Å². The summed E-state index contributed by atoms with van der Waals surface area (Å²) in [5, 5.41) is 15.9. The van der Waals surface area contributed by atoms with Gasteiger partial charge in [-0.2, -0.15) is 5.10 Å². The Morgan fingerprint density at radius 2 is 2.05 bits per heavy atom. The number of aromatic nitrogens is 4. The van der Waals surface area contributed by atoms with Gasteiger partial charge in [0.05, 0.1) is 35.2 Å². The highest BCUT2D eigenvalue weighted by atomic mass is 79.9. The SMILES string of the molecule is CNC(c1ccc(OC)nn1)c1c(Br)cnn1C(C)C. The van der Waals surface area contributed by atoms with Crippen molar-refractivity contribution in [1.29, 1.82) is 0 Å². The molecule has 6 nitrogen and oxygen atoms in total. The Morgan fingerprint density at radius 3 is 2.55 bits per heavy atom. The Hall–Kier alpha value is -1.47. The summed E-state index contributed by atoms with van der Waals surface area (Å²) in [5.41, 5.74) is 1.85. The van der Waals surface area contributed by atoms with E-state index in [0.29, 0.717) is 5.88 Å². The molecule has 2 rings (SSSR count). The largest absolute Gasteiger partial charge is 0.480 e. The van der Waals surface area contributed by atoms with E-state index < -0.39 is 0 Å². The summed E-state index contributed by atoms with van der Waals surface area (Å²) in [6.07, 6.45) is 1.80. The molecule has 2 heterocycles. The third kappa shape index (κ3) is 2.83. The minimum atomic E-state index is -0.0901. The summed E-state index contributed by atoms with van der Waals surface area (Å²) in [5.74, 6) is 0.500. The minimum absolute atomic E-state index is 0.0901. The van der Waals surface area contributed by atoms with Gasteiger partial charge < -0.3 is 10.1 Å². The number of rotatable bonds is 5. The average molecular weight is 340 g/mol. The van der Waals surface area contributed by atoms with Crippen LogP contribution in [0.2, 0.25) is 0 Å². The Morgan fingerprint density at radius 1 is 1.30 bits per heavy atom. The molecular formula is C13H18BrN5O. The fourth-order valence-electron chi connectivity index (χ4n) is 2.05. The molecule has 2 aromatic rings. The molecule has 20 heavy (non-hydrogen) atoms. The van der Waals surface area contributed by atoms with E-state index in [1.807, 2.05) is 17.8 Å². The van der Waals surface area contributed by atoms with Crippen molar-refractivity contribution in [3.05, 3.63) is 34.2 Å². The van der Waals surface area contributed by atoms with Crippen LogP contribution in [0.5, 0.6) is 5.88 Å². The molecule has 1 N–H and O–H groups in total. The molecule has 0 fully saturated rings. The number of nitrogens with zero attached hydrogens (tertiary/aromatic N) is 4. The standard InChI is InChI=1S/C13H18BrN5O/c1-8(2)19-13(9(14)7-16-19)12(15-3)10-5-6-11(20-4)18-17-10/h5-8,12,15H,1-4H3. The molecule has 7 heteroatoms. The van der Waals surface area contributed by atoms with E-state index in [2.05, 4.69) is 50.4 Å². The average Bonchev–Trinajstić information content (AvgIpc) is 2.83. The second-order valence-electron chi connectivity index (χ2n) is 4.64. The zero-order chi connectivity index (χ0) is 14.7. The Balaban J connectivity index is 2.43. The van der Waals surface area contributed by atoms with Gasteiger partial charge in [0.25, 0.3) is 0 Å². The van der Waals surface area contributed by atoms with Gasteiger partial charge in [-0.25, -0.2) is 0 Å². The van der Waals surface area contributed by atoms with Crippen LogP contribution >= 0.6 is 15.9 Å². The van der Waals surface area contributed by atoms with Gasteiger partial charge in [-0.15, -0.1) is 10.2 Å². The van der Waals surface area contributed by atoms with Crippen LogP contribution in [0.1, 0.15) is 37.3 Å². The van der Waals surface area contributed by atoms with Crippen LogP contribution in [-0.2, 0) is 0 Å². The topological polar surface area (TPSA) is 64.9 Å². The normalized spacial score (nSPS) is 12.7. The van der Waals surface area contributed by atoms with Gasteiger partial charge in [0, 0.05) is 12.1 Å². The number of halogens is 1. The van der Waals surface area contributed by atoms with Crippen molar-refractivity contribution in [3.63, 3.8) is 0 Å². The maximum atomic E-state index is 5.04. The number of ether oxygens (including phenoxy) is 1. The lowest BCUT2D eigenvalue weighted by Crippen LogP contribution is -2.24. The van der Waals surface area contributed by atoms with Gasteiger partial charge in [-0.3, -0.25) is 4.68 Å². The van der Waals surface area contributed by atoms with Crippen molar-refractivity contribution < 1.29 is 4.74 Å². The summed E-state index contributed by atoms with van der Waals surface area (Å²) >= 11 is 3.56. The molecule has 0 saturated heterocycles. The van der Waals surface area contributed by atoms with Gasteiger partial charge in [0.1, 0.15) is 0 Å². The molecule has 1 atom stereocenters. The molecule has 1 unspecified atom stereocenters. The maximum Gasteiger partial charge on any atom is 0.233 e. The molecule has 108 valence electrons. The van der Waals surface area contributed by atoms with Crippen molar-refractivity contribution >= 4 is 15.9 Å². The van der Waals surface area contributed by atoms with Gasteiger partial charge in [-0.05, 0) is 42.9 Å². The molecule has 0 aromatic carbocycles. The molecular weight excluding hydrogens is 322 g/mol. The second kappa shape index (κ2) is 6.32. The van der Waals surface area contributed by atoms with Gasteiger partial charge in [0.2, 0.25) is 5.88 Å². The third-order valence-corrected chi connectivity index (χ3v) is 3.61. The minimum Gasteiger partial charge on any atom is -0.480 e. The highest BCUT2D eigenvalue weighted by molar-refractivity contribution is 9.10. The van der Waals surface area contributed by atoms with E-state index in [0.717, 1.165) is 15.9 Å². The third-order valence-electron chi connectivity index (χ3n) is 3.00. The monoisotopic (exact) mass is 339 g/mol. The van der Waals surface area contributed by atoms with Crippen LogP contribution in [0.15, 0.2) is 22.8 Å². The zero-order valence-corrected chi connectivity index (χ0v) is 13.5. The molecule has 2 aromatic heterocycles. The summed E-state index contributed by atoms with van der Waals surface area (Å²) in [4.78, 5) is 0. The molecule has 0 spiro atoms. The summed E-state index contributed by atoms with van der Waals surface area (Å²) in [6.45, 7) is 4.19. The molecule has 0 radical (unpaired) electrons. The van der Waals surface area contributed by atoms with Crippen LogP contribution in [0.25, 0.3) is 0 Å². The van der Waals surface area contributed by atoms with Crippen molar-refractivity contribution in [2.45, 2.75) is 25.9 Å². The Bertz CT molecular complexity index is 567. The van der Waals surface area contributed by atoms with E-state index in [1.165, 1.54) is 0 Å². The van der Waals surface area contributed by atoms with Crippen LogP contribution in [0.4, 0.5) is 0 Å². The van der Waals surface area contributed by atoms with Crippen LogP contribution in [0, 0.1) is 0 Å². The van der Waals surface area contributed by atoms with E-state index in [-0.39, 0.29) is 12.1 Å². The predicted octanol–water partition coefficient (Wildman–Crippen LogP) is 2.33. The summed E-state index contributed by atoms with van der Waals surface area (Å²) in [6, 6.07) is 3.87. The van der Waals surface area contributed by atoms with Gasteiger partial charge in [0.15, 0.2) is 0 Å². The molecule has 0 aliphatic heterocycles. The van der Waals surface area contributed by atoms with Crippen molar-refractivity contribution in [2.24, 2.45) is 0 Å². The Labute approximate surface area is 126 Å². The first-order chi connectivity index (χ1) is 9.58. The fourth-order valence-corrected chi connectivity index (χ4v) is 2.55. The number of nitrogens with one attached hydrogen (secondary N) is 1. The zero-order valence-electron chi connectivity index (χ0n) is 12.0. The number of hydrogen-bond donors (Lipinski definition) is 1. The molecule has 0 aliphatic carbocycles. The maximum absolute atomic E-state index is 5.04. The number of hydrogen-bond acceptors (Lipinski definition) is 5. The second-order valence-corrected chi connectivity index (χ2v) is 5.49. The fraction of sp³-hybridized carbons (Fsp3) is 0.462. The van der Waals surface area contributed by atoms with E-state index in [9.17, 15) is 0 Å². The van der Waals surface area contributed by atoms with E-state index >= 15 is 0 Å². The molecule has 0 saturated carbocycles. The lowest BCUT2D eigenvalue weighted by atomic mass is 10.1. The highest BCUT2D eigenvalue weighted by Crippen LogP contribution is 2.29. The predicted molar refractivity (Wildman–Crippen MR) is 79.8 cm³/mol. The summed E-state index contributed by atoms with van der Waals surface area (Å²) < 4.78 is 7.95. The first-order valence-electron chi connectivity index (χ1n) is 6.36. The number of methoxy groups -OCH3 is 1. The van der Waals surface area contributed by atoms with E-state index in [4.69, 9.17) is 4.74 Å². The Kier molecular flexibility index (Phi) is 4.72. The van der Waals surface area contributed by atoms with Crippen LogP contribution < -0.4 is 10.1 Å². The van der Waals surface area contributed by atoms with Crippen molar-refractivity contribution in [3.8, 4) is 5.88 Å². The summed E-state index contributed by atoms with van der Waals surface area (Å²) in [7, 11) is 3.46. The lowest BCUT2D eigenvalue weighted by molar-refractivity contribution is 0.389. The molecule has 0 amide bonds. The molecule has 0 aliphatic rings. The molecule has 0 bridgehead atoms. The lowest BCUT2D eigenvalue weighted by Gasteiger charge is -2.20. The van der Waals surface area contributed by atoms with Crippen molar-refractivity contribution in [1.82, 2.24) is 25.3 Å². The first-order valence-corrected chi connectivity index (χ1v) is 7.15. The van der Waals surface area contributed by atoms with Crippen LogP contribution in [-0.4, -0.2) is 34.1 Å². The van der Waals surface area contributed by atoms with E-state index in [1.54, 1.807) is 19.4 Å². The first kappa shape index (κ1) is 14.9. The smallest absolute Gasteiger partial charge is 0.233 e. The van der Waals surface area contributed by atoms with Crippen LogP contribution in [0.3, 0.4) is 0 Å². The quantitative estimate of drug-likeness (QED) is 0.905.